The first-order chi connectivity index (χ1) is 32.4. The molecule has 0 aromatic heterocycles. The molecule has 1 heterocycles. The van der Waals surface area contributed by atoms with Crippen molar-refractivity contribution in [1.82, 2.24) is 4.90 Å². The van der Waals surface area contributed by atoms with E-state index in [4.69, 9.17) is 24.2 Å². The van der Waals surface area contributed by atoms with Gasteiger partial charge in [-0.15, -0.1) is 6.58 Å². The number of carbonyl (C=O) groups is 1. The van der Waals surface area contributed by atoms with Crippen molar-refractivity contribution in [2.75, 3.05) is 26.4 Å². The summed E-state index contributed by atoms with van der Waals surface area (Å²) in [4.78, 5) is 33.8. The summed E-state index contributed by atoms with van der Waals surface area (Å²) in [6.45, 7) is 12.6. The highest BCUT2D eigenvalue weighted by Gasteiger charge is 2.65. The van der Waals surface area contributed by atoms with E-state index in [1.807, 2.05) is 75.1 Å². The van der Waals surface area contributed by atoms with E-state index in [0.29, 0.717) is 54.3 Å². The number of ether oxygens (including phenoxy) is 3. The lowest BCUT2D eigenvalue weighted by atomic mass is 9.55. The van der Waals surface area contributed by atoms with Gasteiger partial charge in [0.1, 0.15) is 28.9 Å². The minimum atomic E-state index is -1.43. The van der Waals surface area contributed by atoms with E-state index in [2.05, 4.69) is 43.0 Å². The number of non-ortho nitro benzene ring substituents is 1. The molecule has 4 aromatic rings. The Morgan fingerprint density at radius 3 is 2.28 bits per heavy atom. The number of hydrogen-bond donors (Lipinski definition) is 2. The number of aliphatic hydroxyl groups excluding tert-OH is 2. The van der Waals surface area contributed by atoms with Crippen molar-refractivity contribution < 1.29 is 39.0 Å². The second-order valence-electron chi connectivity index (χ2n) is 18.7. The SMILES string of the molecule is C=CCO[C@@]12Oc3ccc(Oc4ccc(-c5ccccc5)cc4)cc3[C@H]3[C@H](CCCCO)[C@@H](CCCCO)C=C(C(=NOC(C)(C)C)C[C@@H]1N(CCC)C(=O)C=Cc1ccc([N+](=O)[O-])cc1)[C@H]32. The fourth-order valence-electron chi connectivity index (χ4n) is 10.0. The lowest BCUT2D eigenvalue weighted by molar-refractivity contribution is -0.384. The van der Waals surface area contributed by atoms with Crippen molar-refractivity contribution >= 4 is 23.4 Å². The van der Waals surface area contributed by atoms with Crippen molar-refractivity contribution in [3.8, 4) is 28.4 Å². The average molecular weight is 912 g/mol. The summed E-state index contributed by atoms with van der Waals surface area (Å²) in [6.07, 6.45) is 12.6. The number of allylic oxidation sites excluding steroid dienone is 1. The Bertz CT molecular complexity index is 2410. The molecule has 1 aliphatic heterocycles. The number of amides is 1. The summed E-state index contributed by atoms with van der Waals surface area (Å²) in [6, 6.07) is 29.6. The van der Waals surface area contributed by atoms with Gasteiger partial charge in [0, 0.05) is 55.9 Å². The van der Waals surface area contributed by atoms with Gasteiger partial charge in [-0.05, 0) is 136 Å². The fourth-order valence-corrected chi connectivity index (χ4v) is 10.0. The van der Waals surface area contributed by atoms with Gasteiger partial charge in [-0.25, -0.2) is 0 Å². The topological polar surface area (TPSA) is 153 Å². The molecule has 0 radical (unpaired) electrons. The molecular weight excluding hydrogens is 847 g/mol. The second-order valence-corrected chi connectivity index (χ2v) is 18.7. The van der Waals surface area contributed by atoms with Crippen LogP contribution in [0.1, 0.15) is 96.1 Å². The van der Waals surface area contributed by atoms with Crippen molar-refractivity contribution in [2.24, 2.45) is 22.9 Å². The molecule has 3 aliphatic rings. The zero-order chi connectivity index (χ0) is 47.6. The van der Waals surface area contributed by atoms with Crippen molar-refractivity contribution in [2.45, 2.75) is 102 Å². The van der Waals surface area contributed by atoms with Crippen LogP contribution in [0.15, 0.2) is 133 Å². The van der Waals surface area contributed by atoms with Gasteiger partial charge >= 0.3 is 0 Å². The molecular formula is C55H65N3O9. The molecule has 1 fully saturated rings. The van der Waals surface area contributed by atoms with Gasteiger partial charge in [-0.1, -0.05) is 79.5 Å². The number of oxime groups is 1. The van der Waals surface area contributed by atoms with Gasteiger partial charge in [0.25, 0.3) is 5.69 Å². The van der Waals surface area contributed by atoms with Gasteiger partial charge in [0.15, 0.2) is 0 Å². The third kappa shape index (κ3) is 11.4. The van der Waals surface area contributed by atoms with Crippen LogP contribution >= 0.6 is 0 Å². The third-order valence-corrected chi connectivity index (χ3v) is 12.9. The van der Waals surface area contributed by atoms with Gasteiger partial charge < -0.3 is 34.2 Å². The molecule has 0 spiro atoms. The molecule has 6 atom stereocenters. The monoisotopic (exact) mass is 911 g/mol. The third-order valence-electron chi connectivity index (χ3n) is 12.9. The summed E-state index contributed by atoms with van der Waals surface area (Å²) < 4.78 is 21.1. The number of unbranched alkanes of at least 4 members (excludes halogenated alkanes) is 2. The summed E-state index contributed by atoms with van der Waals surface area (Å²) in [5, 5.41) is 36.3. The average Bonchev–Trinajstić information content (AvgIpc) is 3.32. The van der Waals surface area contributed by atoms with Crippen LogP contribution in [0.4, 0.5) is 5.69 Å². The van der Waals surface area contributed by atoms with Crippen LogP contribution in [-0.4, -0.2) is 75.5 Å². The number of nitro groups is 1. The maximum Gasteiger partial charge on any atom is 0.269 e. The van der Waals surface area contributed by atoms with Crippen LogP contribution in [0, 0.1) is 27.9 Å². The maximum atomic E-state index is 14.8. The quantitative estimate of drug-likeness (QED) is 0.0273. The molecule has 0 bridgehead atoms. The largest absolute Gasteiger partial charge is 0.459 e. The molecule has 12 heteroatoms. The van der Waals surface area contributed by atoms with E-state index in [0.717, 1.165) is 47.9 Å². The Labute approximate surface area is 394 Å². The number of aliphatic hydroxyl groups is 2. The highest BCUT2D eigenvalue weighted by atomic mass is 16.7. The van der Waals surface area contributed by atoms with Gasteiger partial charge in [0.2, 0.25) is 11.7 Å². The number of nitrogens with zero attached hydrogens (tertiary/aromatic N) is 3. The first-order valence-corrected chi connectivity index (χ1v) is 23.7. The van der Waals surface area contributed by atoms with Crippen molar-refractivity contribution in [1.29, 1.82) is 0 Å². The molecule has 12 nitrogen and oxygen atoms in total. The molecule has 0 saturated heterocycles. The van der Waals surface area contributed by atoms with Crippen molar-refractivity contribution in [3.63, 3.8) is 0 Å². The number of hydrogen-bond acceptors (Lipinski definition) is 10. The smallest absolute Gasteiger partial charge is 0.269 e. The van der Waals surface area contributed by atoms with Crippen LogP contribution < -0.4 is 9.47 Å². The minimum Gasteiger partial charge on any atom is -0.459 e. The number of rotatable bonds is 21. The molecule has 2 aliphatic carbocycles. The molecule has 1 amide bonds. The molecule has 354 valence electrons. The first kappa shape index (κ1) is 48.8. The highest BCUT2D eigenvalue weighted by Crippen LogP contribution is 2.62. The zero-order valence-corrected chi connectivity index (χ0v) is 39.2. The van der Waals surface area contributed by atoms with E-state index in [1.54, 1.807) is 24.3 Å². The van der Waals surface area contributed by atoms with Crippen molar-refractivity contribution in [3.05, 3.63) is 149 Å². The molecule has 67 heavy (non-hydrogen) atoms. The standard InChI is InChI=1S/C55H65N3O9/c1-6-31-57(51(61)30-21-38-19-24-42(25-20-38)58(62)63)50-37-48(56-67-54(3,4)5)46-35-41(17-11-13-32-59)45(18-12-14-33-60)52-47-36-44(28-29-49(47)66-55(50,53(46)52)64-34-7-2)65-43-26-22-40(23-27-43)39-15-9-8-10-16-39/h7-10,15-16,19-30,35-36,41,45,50,52-53,59-60H,2,6,11-14,17-18,31-34,37H2,1,3-5H3/t41-,45+,50-,52+,53+,55+/m0/s1. The molecule has 7 rings (SSSR count). The van der Waals surface area contributed by atoms with Gasteiger partial charge in [0.05, 0.1) is 23.2 Å². The summed E-state index contributed by atoms with van der Waals surface area (Å²) >= 11 is 0. The van der Waals surface area contributed by atoms with Crippen LogP contribution in [0.3, 0.4) is 0 Å². The Morgan fingerprint density at radius 2 is 1.63 bits per heavy atom. The second kappa shape index (κ2) is 22.1. The van der Waals surface area contributed by atoms with E-state index in [9.17, 15) is 25.1 Å². The lowest BCUT2D eigenvalue weighted by Crippen LogP contribution is -2.70. The Kier molecular flexibility index (Phi) is 16.1. The summed E-state index contributed by atoms with van der Waals surface area (Å²) in [5.74, 6) is -0.357. The maximum absolute atomic E-state index is 14.8. The summed E-state index contributed by atoms with van der Waals surface area (Å²) in [5.41, 5.74) is 4.79. The van der Waals surface area contributed by atoms with E-state index in [1.165, 1.54) is 18.2 Å². The van der Waals surface area contributed by atoms with E-state index >= 15 is 0 Å². The molecule has 1 saturated carbocycles. The lowest BCUT2D eigenvalue weighted by Gasteiger charge is -2.60. The molecule has 4 aromatic carbocycles. The Hall–Kier alpha value is -6.08. The molecule has 0 unspecified atom stereocenters. The van der Waals surface area contributed by atoms with Crippen LogP contribution in [0.2, 0.25) is 0 Å². The zero-order valence-electron chi connectivity index (χ0n) is 39.2. The number of nitro benzene ring substituents is 1. The van der Waals surface area contributed by atoms with Crippen LogP contribution in [-0.2, 0) is 14.4 Å². The van der Waals surface area contributed by atoms with Gasteiger partial charge in [-0.2, -0.15) is 0 Å². The Balaban J connectivity index is 1.39. The van der Waals surface area contributed by atoms with Crippen LogP contribution in [0.25, 0.3) is 17.2 Å². The number of fused-ring (bicyclic) bond motifs is 2. The fraction of sp³-hybridized carbons (Fsp3) is 0.418. The summed E-state index contributed by atoms with van der Waals surface area (Å²) in [7, 11) is 0. The normalized spacial score (nSPS) is 22.6. The van der Waals surface area contributed by atoms with E-state index < -0.39 is 28.3 Å². The molecule has 2 N–H and O–H groups in total. The first-order valence-electron chi connectivity index (χ1n) is 23.7. The Morgan fingerprint density at radius 1 is 0.940 bits per heavy atom. The predicted octanol–water partition coefficient (Wildman–Crippen LogP) is 11.4. The minimum absolute atomic E-state index is 0.0361. The predicted molar refractivity (Wildman–Crippen MR) is 262 cm³/mol. The van der Waals surface area contributed by atoms with E-state index in [-0.39, 0.29) is 55.6 Å². The highest BCUT2D eigenvalue weighted by molar-refractivity contribution is 6.03. The van der Waals surface area contributed by atoms with Crippen LogP contribution in [0.5, 0.6) is 17.2 Å². The number of benzene rings is 4. The number of carbonyl (C=O) groups excluding carboxylic acids is 1. The van der Waals surface area contributed by atoms with Gasteiger partial charge in [-0.3, -0.25) is 14.9 Å².